The number of carbonyl (C=O) groups excluding carboxylic acids is 3. The van der Waals surface area contributed by atoms with Crippen LogP contribution in [0.1, 0.15) is 59.8 Å². The van der Waals surface area contributed by atoms with Crippen LogP contribution in [0.25, 0.3) is 0 Å². The van der Waals surface area contributed by atoms with Crippen LogP contribution in [0, 0.1) is 28.6 Å². The van der Waals surface area contributed by atoms with Crippen molar-refractivity contribution in [2.45, 2.75) is 94.4 Å². The Morgan fingerprint density at radius 1 is 1.08 bits per heavy atom. The Hall–Kier alpha value is -2.07. The van der Waals surface area contributed by atoms with Gasteiger partial charge in [-0.15, -0.1) is 0 Å². The number of hydrogen-bond donors (Lipinski definition) is 3. The molecule has 1 saturated carbocycles. The number of fused-ring (bicyclic) bond motifs is 7. The molecule has 6 rings (SSSR count). The van der Waals surface area contributed by atoms with Gasteiger partial charge in [0.05, 0.1) is 23.7 Å². The van der Waals surface area contributed by atoms with Gasteiger partial charge in [-0.05, 0) is 62.9 Å². The predicted molar refractivity (Wildman–Crippen MR) is 128 cm³/mol. The molecule has 9 nitrogen and oxygen atoms in total. The van der Waals surface area contributed by atoms with E-state index in [-0.39, 0.29) is 50.4 Å². The van der Waals surface area contributed by atoms with E-state index in [0.717, 1.165) is 0 Å². The van der Waals surface area contributed by atoms with Gasteiger partial charge in [-0.1, -0.05) is 32.1 Å². The first-order valence-electron chi connectivity index (χ1n) is 13.3. The summed E-state index contributed by atoms with van der Waals surface area (Å²) in [6, 6.07) is 0. The van der Waals surface area contributed by atoms with Gasteiger partial charge >= 0.3 is 11.9 Å². The fourth-order valence-corrected chi connectivity index (χ4v) is 8.42. The van der Waals surface area contributed by atoms with E-state index in [0.29, 0.717) is 0 Å². The van der Waals surface area contributed by atoms with Crippen molar-refractivity contribution in [3.63, 3.8) is 0 Å². The second-order valence-electron chi connectivity index (χ2n) is 13.0. The van der Waals surface area contributed by atoms with Crippen LogP contribution in [0.4, 0.5) is 0 Å². The van der Waals surface area contributed by atoms with E-state index in [2.05, 4.69) is 0 Å². The topological polar surface area (TPSA) is 140 Å². The Bertz CT molecular complexity index is 1150. The van der Waals surface area contributed by atoms with Gasteiger partial charge in [0, 0.05) is 12.3 Å². The third-order valence-corrected chi connectivity index (χ3v) is 11.4. The highest BCUT2D eigenvalue weighted by atomic mass is 16.7. The first kappa shape index (κ1) is 25.2. The number of aliphatic hydroxyl groups is 3. The van der Waals surface area contributed by atoms with Crippen LogP contribution in [0.5, 0.6) is 0 Å². The van der Waals surface area contributed by atoms with Crippen LogP contribution in [0.2, 0.25) is 0 Å². The van der Waals surface area contributed by atoms with Gasteiger partial charge in [-0.25, -0.2) is 9.59 Å². The highest BCUT2D eigenvalue weighted by molar-refractivity contribution is 5.97. The maximum Gasteiger partial charge on any atom is 0.343 e. The van der Waals surface area contributed by atoms with E-state index >= 15 is 0 Å². The number of aliphatic hydroxyl groups excluding tert-OH is 1. The number of ether oxygens (including phenoxy) is 3. The summed E-state index contributed by atoms with van der Waals surface area (Å²) in [6.07, 6.45) is 4.65. The third-order valence-electron chi connectivity index (χ3n) is 11.4. The minimum Gasteiger partial charge on any atom is -0.450 e. The summed E-state index contributed by atoms with van der Waals surface area (Å²) in [6.45, 7) is 7.30. The lowest BCUT2D eigenvalue weighted by molar-refractivity contribution is -0.262. The van der Waals surface area contributed by atoms with Gasteiger partial charge in [0.2, 0.25) is 5.60 Å². The standard InChI is InChI=1S/C28H36O9/c1-15-13-35-20-16-7-10-26(33)9-5-6-18(29)24(26,3)17(16)8-11-27(34)22(32)37-25(4)19(30)12-23(15,2)14-28(25,27)36-21(20)31/h5-7,10,15-17,19-20,30,33-34H,8-9,11-14H2,1-4H3/t15-,16-,17+,19-,20-,23+,24+,25+,26+,27+,28+/m1/s1. The van der Waals surface area contributed by atoms with Crippen molar-refractivity contribution < 1.29 is 43.9 Å². The summed E-state index contributed by atoms with van der Waals surface area (Å²) in [4.78, 5) is 40.9. The molecule has 3 N–H and O–H groups in total. The van der Waals surface area contributed by atoms with Crippen LogP contribution >= 0.6 is 0 Å². The molecular formula is C28H36O9. The van der Waals surface area contributed by atoms with Crippen molar-refractivity contribution in [3.8, 4) is 0 Å². The van der Waals surface area contributed by atoms with Crippen LogP contribution < -0.4 is 0 Å². The quantitative estimate of drug-likeness (QED) is 0.322. The zero-order chi connectivity index (χ0) is 26.8. The molecule has 3 bridgehead atoms. The zero-order valence-corrected chi connectivity index (χ0v) is 21.7. The van der Waals surface area contributed by atoms with Crippen LogP contribution in [0.15, 0.2) is 24.3 Å². The van der Waals surface area contributed by atoms with Gasteiger partial charge < -0.3 is 29.5 Å². The number of esters is 2. The fraction of sp³-hybridized carbons (Fsp3) is 0.750. The SMILES string of the molecule is C[C@@H]1CO[C@H]2C(=O)O[C@@]34C[C@]1(C)C[C@@H](O)[C@]3(C)OC(=O)[C@@]4(O)CC[C@H]1[C@H]2C=C[C@@]2(O)CC=CC(=O)[C@]12C. The molecule has 202 valence electrons. The summed E-state index contributed by atoms with van der Waals surface area (Å²) in [5.41, 5.74) is -9.22. The molecule has 9 heteroatoms. The molecule has 4 fully saturated rings. The Kier molecular flexibility index (Phi) is 4.99. The van der Waals surface area contributed by atoms with Crippen molar-refractivity contribution >= 4 is 17.7 Å². The van der Waals surface area contributed by atoms with Crippen molar-refractivity contribution in [2.75, 3.05) is 6.61 Å². The van der Waals surface area contributed by atoms with E-state index in [4.69, 9.17) is 14.2 Å². The third kappa shape index (κ3) is 2.76. The molecule has 0 aromatic carbocycles. The number of allylic oxidation sites excluding steroid dienone is 1. The molecule has 0 aromatic rings. The number of hydrogen-bond acceptors (Lipinski definition) is 9. The largest absolute Gasteiger partial charge is 0.450 e. The van der Waals surface area contributed by atoms with E-state index in [1.165, 1.54) is 13.0 Å². The molecular weight excluding hydrogens is 480 g/mol. The average molecular weight is 517 g/mol. The summed E-state index contributed by atoms with van der Waals surface area (Å²) in [5, 5.41) is 35.2. The second-order valence-corrected chi connectivity index (χ2v) is 13.0. The summed E-state index contributed by atoms with van der Waals surface area (Å²) in [5.74, 6) is -3.46. The van der Waals surface area contributed by atoms with Crippen molar-refractivity contribution in [1.82, 2.24) is 0 Å². The molecule has 3 heterocycles. The highest BCUT2D eigenvalue weighted by Gasteiger charge is 2.81. The molecule has 1 spiro atoms. The molecule has 3 saturated heterocycles. The second kappa shape index (κ2) is 7.31. The Balaban J connectivity index is 1.59. The van der Waals surface area contributed by atoms with Crippen molar-refractivity contribution in [3.05, 3.63) is 24.3 Å². The van der Waals surface area contributed by atoms with E-state index in [1.54, 1.807) is 25.2 Å². The number of carbonyl (C=O) groups is 3. The molecule has 3 aliphatic carbocycles. The van der Waals surface area contributed by atoms with E-state index in [9.17, 15) is 29.7 Å². The monoisotopic (exact) mass is 516 g/mol. The van der Waals surface area contributed by atoms with Gasteiger partial charge in [0.15, 0.2) is 23.1 Å². The first-order valence-corrected chi connectivity index (χ1v) is 13.3. The predicted octanol–water partition coefficient (Wildman–Crippen LogP) is 1.37. The number of rotatable bonds is 0. The van der Waals surface area contributed by atoms with Crippen LogP contribution in [0.3, 0.4) is 0 Å². The van der Waals surface area contributed by atoms with Crippen molar-refractivity contribution in [2.24, 2.45) is 28.6 Å². The normalized spacial score (nSPS) is 56.5. The molecule has 0 radical (unpaired) electrons. The minimum atomic E-state index is -2.26. The number of ketones is 1. The summed E-state index contributed by atoms with van der Waals surface area (Å²) in [7, 11) is 0. The molecule has 0 aromatic heterocycles. The molecule has 6 aliphatic rings. The van der Waals surface area contributed by atoms with E-state index in [1.807, 2.05) is 13.8 Å². The van der Waals surface area contributed by atoms with E-state index < -0.39 is 69.2 Å². The highest BCUT2D eigenvalue weighted by Crippen LogP contribution is 2.64. The first-order chi connectivity index (χ1) is 17.2. The maximum atomic E-state index is 14.0. The average Bonchev–Trinajstić information content (AvgIpc) is 3.01. The Labute approximate surface area is 215 Å². The summed E-state index contributed by atoms with van der Waals surface area (Å²) < 4.78 is 18.3. The lowest BCUT2D eigenvalue weighted by Gasteiger charge is -2.56. The van der Waals surface area contributed by atoms with Crippen molar-refractivity contribution in [1.29, 1.82) is 0 Å². The lowest BCUT2D eigenvalue weighted by atomic mass is 9.50. The van der Waals surface area contributed by atoms with Crippen LogP contribution in [-0.2, 0) is 28.6 Å². The van der Waals surface area contributed by atoms with Crippen LogP contribution in [-0.4, -0.2) is 74.3 Å². The molecule has 3 aliphatic heterocycles. The molecule has 0 unspecified atom stereocenters. The Morgan fingerprint density at radius 3 is 2.54 bits per heavy atom. The molecule has 0 amide bonds. The Morgan fingerprint density at radius 2 is 1.81 bits per heavy atom. The zero-order valence-electron chi connectivity index (χ0n) is 21.7. The maximum absolute atomic E-state index is 14.0. The summed E-state index contributed by atoms with van der Waals surface area (Å²) >= 11 is 0. The molecule has 37 heavy (non-hydrogen) atoms. The van der Waals surface area contributed by atoms with Gasteiger partial charge in [-0.2, -0.15) is 0 Å². The lowest BCUT2D eigenvalue weighted by Crippen LogP contribution is -2.72. The van der Waals surface area contributed by atoms with Gasteiger partial charge in [0.25, 0.3) is 0 Å². The molecule has 11 atom stereocenters. The van der Waals surface area contributed by atoms with Gasteiger partial charge in [0.1, 0.15) is 0 Å². The fourth-order valence-electron chi connectivity index (χ4n) is 8.42. The smallest absolute Gasteiger partial charge is 0.343 e. The minimum absolute atomic E-state index is 0.104. The van der Waals surface area contributed by atoms with Gasteiger partial charge in [-0.3, -0.25) is 4.79 Å².